The molecule has 0 atom stereocenters. The molecule has 1 fully saturated rings. The maximum atomic E-state index is 13.5. The minimum atomic E-state index is -0.385. The van der Waals surface area contributed by atoms with E-state index in [-0.39, 0.29) is 17.5 Å². The van der Waals surface area contributed by atoms with Crippen molar-refractivity contribution in [1.82, 2.24) is 14.8 Å². The Labute approximate surface area is 193 Å². The molecule has 5 nitrogen and oxygen atoms in total. The molecular weight excluding hydrogens is 422 g/mol. The number of rotatable bonds is 5. The quantitative estimate of drug-likeness (QED) is 0.524. The first kappa shape index (κ1) is 22.2. The summed E-state index contributed by atoms with van der Waals surface area (Å²) in [4.78, 5) is 28.4. The lowest BCUT2D eigenvalue weighted by Gasteiger charge is -2.22. The monoisotopic (exact) mass is 449 g/mol. The lowest BCUT2D eigenvalue weighted by molar-refractivity contribution is -0.127. The van der Waals surface area contributed by atoms with Crippen LogP contribution in [0.25, 0.3) is 17.0 Å². The Morgan fingerprint density at radius 3 is 2.41 bits per heavy atom. The minimum absolute atomic E-state index is 0.152. The van der Waals surface area contributed by atoms with Gasteiger partial charge in [0, 0.05) is 42.3 Å². The average molecular weight is 450 g/mol. The second kappa shape index (κ2) is 10.0. The van der Waals surface area contributed by atoms with Gasteiger partial charge in [-0.05, 0) is 44.0 Å². The first-order chi connectivity index (χ1) is 15.6. The van der Waals surface area contributed by atoms with Crippen molar-refractivity contribution in [3.8, 4) is 0 Å². The van der Waals surface area contributed by atoms with E-state index in [2.05, 4.69) is 22.9 Å². The third-order valence-electron chi connectivity index (χ3n) is 5.95. The van der Waals surface area contributed by atoms with E-state index in [1.54, 1.807) is 30.3 Å². The number of para-hydroxylation sites is 1. The van der Waals surface area contributed by atoms with Gasteiger partial charge < -0.3 is 14.8 Å². The van der Waals surface area contributed by atoms with Gasteiger partial charge in [0.2, 0.25) is 0 Å². The number of hydrogen-bond donors (Lipinski definition) is 1. The van der Waals surface area contributed by atoms with Crippen LogP contribution in [0.15, 0.2) is 60.4 Å². The number of nitrogens with one attached hydrogen (secondary N) is 1. The Morgan fingerprint density at radius 1 is 1.00 bits per heavy atom. The van der Waals surface area contributed by atoms with Crippen LogP contribution in [0, 0.1) is 0 Å². The molecule has 32 heavy (non-hydrogen) atoms. The standard InChI is InChI=1S/C26H28ClN3O2/c1-2-29-18-19(20-11-6-8-14-24(20)29)17-23(26(32)30-15-9-3-4-10-16-30)28-25(31)21-12-5-7-13-22(21)27/h5-8,11-14,17-18H,2-4,9-10,15-16H2,1H3,(H,28,31)/b23-17-. The highest BCUT2D eigenvalue weighted by Gasteiger charge is 2.23. The molecule has 2 amide bonds. The number of nitrogens with zero attached hydrogens (tertiary/aromatic N) is 2. The van der Waals surface area contributed by atoms with Crippen molar-refractivity contribution in [2.75, 3.05) is 13.1 Å². The van der Waals surface area contributed by atoms with Crippen LogP contribution >= 0.6 is 11.6 Å². The lowest BCUT2D eigenvalue weighted by atomic mass is 10.1. The molecule has 1 aromatic heterocycles. The summed E-state index contributed by atoms with van der Waals surface area (Å²) in [5.41, 5.74) is 2.62. The van der Waals surface area contributed by atoms with Gasteiger partial charge in [-0.25, -0.2) is 0 Å². The van der Waals surface area contributed by atoms with E-state index in [9.17, 15) is 9.59 Å². The van der Waals surface area contributed by atoms with Crippen LogP contribution in [0.5, 0.6) is 0 Å². The number of carbonyl (C=O) groups excluding carboxylic acids is 2. The molecule has 3 aromatic rings. The van der Waals surface area contributed by atoms with Gasteiger partial charge in [0.1, 0.15) is 5.70 Å². The molecule has 0 aliphatic carbocycles. The van der Waals surface area contributed by atoms with E-state index in [1.807, 2.05) is 29.3 Å². The molecule has 0 unspecified atom stereocenters. The average Bonchev–Trinajstić information content (AvgIpc) is 2.97. The summed E-state index contributed by atoms with van der Waals surface area (Å²) in [6, 6.07) is 15.0. The first-order valence-electron chi connectivity index (χ1n) is 11.2. The van der Waals surface area contributed by atoms with Gasteiger partial charge in [0.05, 0.1) is 10.6 Å². The van der Waals surface area contributed by atoms with E-state index >= 15 is 0 Å². The number of benzene rings is 2. The molecule has 0 bridgehead atoms. The van der Waals surface area contributed by atoms with Crippen LogP contribution in [0.2, 0.25) is 5.02 Å². The molecular formula is C26H28ClN3O2. The van der Waals surface area contributed by atoms with E-state index in [1.165, 1.54) is 0 Å². The highest BCUT2D eigenvalue weighted by atomic mass is 35.5. The van der Waals surface area contributed by atoms with Gasteiger partial charge in [-0.15, -0.1) is 0 Å². The predicted octanol–water partition coefficient (Wildman–Crippen LogP) is 5.49. The molecule has 6 heteroatoms. The van der Waals surface area contributed by atoms with Crippen LogP contribution in [0.3, 0.4) is 0 Å². The minimum Gasteiger partial charge on any atom is -0.347 e. The molecule has 2 aromatic carbocycles. The third kappa shape index (κ3) is 4.73. The molecule has 4 rings (SSSR count). The van der Waals surface area contributed by atoms with Crippen molar-refractivity contribution in [3.63, 3.8) is 0 Å². The van der Waals surface area contributed by atoms with Gasteiger partial charge in [-0.2, -0.15) is 0 Å². The smallest absolute Gasteiger partial charge is 0.270 e. The summed E-state index contributed by atoms with van der Waals surface area (Å²) in [5, 5.41) is 4.27. The van der Waals surface area contributed by atoms with Crippen LogP contribution in [-0.4, -0.2) is 34.4 Å². The van der Waals surface area contributed by atoms with Crippen molar-refractivity contribution in [1.29, 1.82) is 0 Å². The summed E-state index contributed by atoms with van der Waals surface area (Å²) in [6.07, 6.45) is 8.04. The number of aromatic nitrogens is 1. The van der Waals surface area contributed by atoms with E-state index in [0.717, 1.165) is 48.7 Å². The maximum absolute atomic E-state index is 13.5. The lowest BCUT2D eigenvalue weighted by Crippen LogP contribution is -2.39. The van der Waals surface area contributed by atoms with E-state index in [4.69, 9.17) is 11.6 Å². The Balaban J connectivity index is 1.74. The molecule has 2 heterocycles. The van der Waals surface area contributed by atoms with Gasteiger partial charge in [-0.3, -0.25) is 9.59 Å². The Kier molecular flexibility index (Phi) is 6.96. The fourth-order valence-corrected chi connectivity index (χ4v) is 4.46. The zero-order valence-electron chi connectivity index (χ0n) is 18.3. The third-order valence-corrected chi connectivity index (χ3v) is 6.28. The fraction of sp³-hybridized carbons (Fsp3) is 0.308. The second-order valence-corrected chi connectivity index (χ2v) is 8.49. The number of aryl methyl sites for hydroxylation is 1. The van der Waals surface area contributed by atoms with Crippen molar-refractivity contribution in [2.45, 2.75) is 39.2 Å². The van der Waals surface area contributed by atoms with Crippen molar-refractivity contribution < 1.29 is 9.59 Å². The molecule has 1 N–H and O–H groups in total. The molecule has 0 saturated carbocycles. The Hall–Kier alpha value is -3.05. The Bertz CT molecular complexity index is 1160. The highest BCUT2D eigenvalue weighted by molar-refractivity contribution is 6.34. The van der Waals surface area contributed by atoms with E-state index < -0.39 is 0 Å². The fourth-order valence-electron chi connectivity index (χ4n) is 4.24. The second-order valence-electron chi connectivity index (χ2n) is 8.09. The number of fused-ring (bicyclic) bond motifs is 1. The van der Waals surface area contributed by atoms with Gasteiger partial charge in [0.25, 0.3) is 11.8 Å². The molecule has 1 saturated heterocycles. The molecule has 0 spiro atoms. The summed E-state index contributed by atoms with van der Waals surface area (Å²) in [6.45, 7) is 4.31. The maximum Gasteiger partial charge on any atom is 0.270 e. The Morgan fingerprint density at radius 2 is 1.69 bits per heavy atom. The number of amides is 2. The SMILES string of the molecule is CCn1cc(/C=C(\NC(=O)c2ccccc2Cl)C(=O)N2CCCCCC2)c2ccccc21. The number of carbonyl (C=O) groups is 2. The summed E-state index contributed by atoms with van der Waals surface area (Å²) < 4.78 is 2.14. The van der Waals surface area contributed by atoms with E-state index in [0.29, 0.717) is 23.7 Å². The molecule has 1 aliphatic heterocycles. The predicted molar refractivity (Wildman–Crippen MR) is 130 cm³/mol. The van der Waals surface area contributed by atoms with Crippen LogP contribution in [-0.2, 0) is 11.3 Å². The normalized spacial score (nSPS) is 14.9. The zero-order chi connectivity index (χ0) is 22.5. The molecule has 1 aliphatic rings. The zero-order valence-corrected chi connectivity index (χ0v) is 19.1. The van der Waals surface area contributed by atoms with Crippen LogP contribution in [0.1, 0.15) is 48.5 Å². The van der Waals surface area contributed by atoms with Crippen molar-refractivity contribution in [3.05, 3.63) is 76.6 Å². The van der Waals surface area contributed by atoms with Crippen molar-refractivity contribution >= 4 is 40.4 Å². The topological polar surface area (TPSA) is 54.3 Å². The summed E-state index contributed by atoms with van der Waals surface area (Å²) >= 11 is 6.23. The van der Waals surface area contributed by atoms with Crippen LogP contribution in [0.4, 0.5) is 0 Å². The van der Waals surface area contributed by atoms with Gasteiger partial charge in [-0.1, -0.05) is 54.8 Å². The first-order valence-corrected chi connectivity index (χ1v) is 11.6. The summed E-state index contributed by atoms with van der Waals surface area (Å²) in [5.74, 6) is -0.537. The van der Waals surface area contributed by atoms with Gasteiger partial charge >= 0.3 is 0 Å². The van der Waals surface area contributed by atoms with Crippen LogP contribution < -0.4 is 5.32 Å². The largest absolute Gasteiger partial charge is 0.347 e. The highest BCUT2D eigenvalue weighted by Crippen LogP contribution is 2.24. The number of hydrogen-bond acceptors (Lipinski definition) is 2. The number of likely N-dealkylation sites (tertiary alicyclic amines) is 1. The summed E-state index contributed by atoms with van der Waals surface area (Å²) in [7, 11) is 0. The molecule has 0 radical (unpaired) electrons. The van der Waals surface area contributed by atoms with Crippen molar-refractivity contribution in [2.24, 2.45) is 0 Å². The number of halogens is 1. The molecule has 166 valence electrons. The van der Waals surface area contributed by atoms with Gasteiger partial charge in [0.15, 0.2) is 0 Å².